The van der Waals surface area contributed by atoms with Crippen LogP contribution in [0.5, 0.6) is 5.75 Å². The van der Waals surface area contributed by atoms with Gasteiger partial charge in [0.25, 0.3) is 5.91 Å². The normalized spacial score (nSPS) is 17.4. The SMILES string of the molecule is Cc1ccccc1CNC(=O)C(=O)N[C@H]1COc2ccc(C#CCN3CCNC(=O)C3)cc2N(C)C1=O. The molecule has 3 N–H and O–H groups in total. The van der Waals surface area contributed by atoms with Crippen molar-refractivity contribution in [3.8, 4) is 17.6 Å². The minimum absolute atomic E-state index is 0.0132. The second kappa shape index (κ2) is 11.6. The Morgan fingerprint density at radius 2 is 1.97 bits per heavy atom. The molecule has 10 nitrogen and oxygen atoms in total. The first-order valence-electron chi connectivity index (χ1n) is 12.0. The van der Waals surface area contributed by atoms with Crippen molar-refractivity contribution in [3.05, 3.63) is 59.2 Å². The lowest BCUT2D eigenvalue weighted by atomic mass is 10.1. The summed E-state index contributed by atoms with van der Waals surface area (Å²) in [7, 11) is 1.58. The first kappa shape index (κ1) is 25.7. The fourth-order valence-electron chi connectivity index (χ4n) is 4.05. The number of piperazine rings is 1. The van der Waals surface area contributed by atoms with E-state index in [1.807, 2.05) is 36.1 Å². The van der Waals surface area contributed by atoms with E-state index in [4.69, 9.17) is 4.74 Å². The Morgan fingerprint density at radius 3 is 2.76 bits per heavy atom. The molecule has 192 valence electrons. The number of nitrogens with one attached hydrogen (secondary N) is 3. The van der Waals surface area contributed by atoms with Gasteiger partial charge in [0.05, 0.1) is 18.8 Å². The van der Waals surface area contributed by atoms with Crippen LogP contribution in [-0.4, -0.2) is 74.4 Å². The van der Waals surface area contributed by atoms with Crippen LogP contribution in [0.25, 0.3) is 0 Å². The van der Waals surface area contributed by atoms with Gasteiger partial charge in [0.2, 0.25) is 5.91 Å². The quantitative estimate of drug-likeness (QED) is 0.397. The van der Waals surface area contributed by atoms with Crippen LogP contribution in [0.3, 0.4) is 0 Å². The average molecular weight is 504 g/mol. The Balaban J connectivity index is 1.36. The van der Waals surface area contributed by atoms with E-state index < -0.39 is 23.8 Å². The van der Waals surface area contributed by atoms with Gasteiger partial charge in [-0.15, -0.1) is 0 Å². The summed E-state index contributed by atoms with van der Waals surface area (Å²) < 4.78 is 5.78. The Bertz CT molecular complexity index is 1280. The standard InChI is InChI=1S/C27H29N5O5/c1-18-6-3-4-8-20(18)15-29-25(34)26(35)30-21-17-37-23-10-9-19(14-22(23)31(2)27(21)36)7-5-12-32-13-11-28-24(33)16-32/h3-4,6,8-10,14,21H,11-13,15-17H2,1-2H3,(H,28,33)(H,29,34)(H,30,35)/t21-/m0/s1. The highest BCUT2D eigenvalue weighted by atomic mass is 16.5. The molecule has 0 saturated carbocycles. The van der Waals surface area contributed by atoms with Crippen LogP contribution < -0.4 is 25.6 Å². The van der Waals surface area contributed by atoms with E-state index in [-0.39, 0.29) is 19.1 Å². The van der Waals surface area contributed by atoms with Crippen LogP contribution in [0.1, 0.15) is 16.7 Å². The fourth-order valence-corrected chi connectivity index (χ4v) is 4.05. The third-order valence-electron chi connectivity index (χ3n) is 6.22. The number of anilines is 1. The Hall–Kier alpha value is -4.36. The van der Waals surface area contributed by atoms with Crippen LogP contribution in [0.15, 0.2) is 42.5 Å². The third kappa shape index (κ3) is 6.45. The highest BCUT2D eigenvalue weighted by Crippen LogP contribution is 2.31. The first-order chi connectivity index (χ1) is 17.8. The van der Waals surface area contributed by atoms with Crippen molar-refractivity contribution in [2.24, 2.45) is 0 Å². The maximum absolute atomic E-state index is 13.1. The average Bonchev–Trinajstić information content (AvgIpc) is 3.00. The maximum Gasteiger partial charge on any atom is 0.310 e. The van der Waals surface area contributed by atoms with Crippen molar-refractivity contribution in [1.29, 1.82) is 0 Å². The van der Waals surface area contributed by atoms with E-state index >= 15 is 0 Å². The smallest absolute Gasteiger partial charge is 0.310 e. The molecule has 0 spiro atoms. The number of likely N-dealkylation sites (N-methyl/N-ethyl adjacent to an activating group) is 1. The summed E-state index contributed by atoms with van der Waals surface area (Å²) in [6.07, 6.45) is 0. The highest BCUT2D eigenvalue weighted by molar-refractivity contribution is 6.35. The van der Waals surface area contributed by atoms with Gasteiger partial charge in [-0.3, -0.25) is 24.1 Å². The largest absolute Gasteiger partial charge is 0.489 e. The molecule has 2 heterocycles. The van der Waals surface area contributed by atoms with Crippen molar-refractivity contribution in [1.82, 2.24) is 20.9 Å². The topological polar surface area (TPSA) is 120 Å². The molecule has 1 fully saturated rings. The monoisotopic (exact) mass is 503 g/mol. The van der Waals surface area contributed by atoms with Gasteiger partial charge >= 0.3 is 11.8 Å². The third-order valence-corrected chi connectivity index (χ3v) is 6.22. The molecule has 2 aromatic carbocycles. The zero-order chi connectivity index (χ0) is 26.4. The zero-order valence-electron chi connectivity index (χ0n) is 20.8. The van der Waals surface area contributed by atoms with Gasteiger partial charge in [-0.2, -0.15) is 0 Å². The number of ether oxygens (including phenoxy) is 1. The zero-order valence-corrected chi connectivity index (χ0v) is 20.8. The van der Waals surface area contributed by atoms with Gasteiger partial charge in [-0.05, 0) is 36.2 Å². The summed E-state index contributed by atoms with van der Waals surface area (Å²) in [5, 5.41) is 7.84. The van der Waals surface area contributed by atoms with Gasteiger partial charge < -0.3 is 25.6 Å². The summed E-state index contributed by atoms with van der Waals surface area (Å²) in [5.74, 6) is 4.43. The van der Waals surface area contributed by atoms with Crippen molar-refractivity contribution in [3.63, 3.8) is 0 Å². The van der Waals surface area contributed by atoms with E-state index in [2.05, 4.69) is 27.8 Å². The summed E-state index contributed by atoms with van der Waals surface area (Å²) in [4.78, 5) is 52.7. The molecule has 1 saturated heterocycles. The molecule has 4 rings (SSSR count). The molecule has 0 aliphatic carbocycles. The van der Waals surface area contributed by atoms with Gasteiger partial charge in [-0.25, -0.2) is 0 Å². The number of benzene rings is 2. The van der Waals surface area contributed by atoms with Crippen LogP contribution >= 0.6 is 0 Å². The fraction of sp³-hybridized carbons (Fsp3) is 0.333. The number of aryl methyl sites for hydroxylation is 1. The molecule has 0 bridgehead atoms. The summed E-state index contributed by atoms with van der Waals surface area (Å²) in [6, 6.07) is 11.7. The maximum atomic E-state index is 13.1. The van der Waals surface area contributed by atoms with Crippen molar-refractivity contribution in [2.45, 2.75) is 19.5 Å². The predicted octanol–water partition coefficient (Wildman–Crippen LogP) is -0.0653. The van der Waals surface area contributed by atoms with Crippen molar-refractivity contribution < 1.29 is 23.9 Å². The Morgan fingerprint density at radius 1 is 1.16 bits per heavy atom. The first-order valence-corrected chi connectivity index (χ1v) is 12.0. The van der Waals surface area contributed by atoms with E-state index in [0.717, 1.165) is 17.7 Å². The van der Waals surface area contributed by atoms with Crippen LogP contribution in [0.2, 0.25) is 0 Å². The molecule has 2 aromatic rings. The predicted molar refractivity (Wildman–Crippen MR) is 137 cm³/mol. The molecule has 0 radical (unpaired) electrons. The number of rotatable bonds is 4. The Labute approximate surface area is 215 Å². The molecule has 4 amide bonds. The molecule has 10 heteroatoms. The number of fused-ring (bicyclic) bond motifs is 1. The number of hydrogen-bond acceptors (Lipinski definition) is 6. The lowest BCUT2D eigenvalue weighted by Crippen LogP contribution is -2.53. The number of nitrogens with zero attached hydrogens (tertiary/aromatic N) is 2. The molecule has 37 heavy (non-hydrogen) atoms. The van der Waals surface area contributed by atoms with E-state index in [0.29, 0.717) is 36.6 Å². The summed E-state index contributed by atoms with van der Waals surface area (Å²) in [6.45, 7) is 4.13. The van der Waals surface area contributed by atoms with Gasteiger partial charge in [0.1, 0.15) is 18.4 Å². The van der Waals surface area contributed by atoms with Crippen LogP contribution in [0, 0.1) is 18.8 Å². The number of carbonyl (C=O) groups excluding carboxylic acids is 4. The number of carbonyl (C=O) groups is 4. The second-order valence-corrected chi connectivity index (χ2v) is 8.89. The van der Waals surface area contributed by atoms with Crippen molar-refractivity contribution >= 4 is 29.3 Å². The molecular weight excluding hydrogens is 474 g/mol. The van der Waals surface area contributed by atoms with Crippen LogP contribution in [0.4, 0.5) is 5.69 Å². The lowest BCUT2D eigenvalue weighted by Gasteiger charge is -2.24. The number of hydrogen-bond donors (Lipinski definition) is 3. The summed E-state index contributed by atoms with van der Waals surface area (Å²) in [5.41, 5.74) is 3.09. The van der Waals surface area contributed by atoms with Gasteiger partial charge in [0.15, 0.2) is 0 Å². The highest BCUT2D eigenvalue weighted by Gasteiger charge is 2.32. The van der Waals surface area contributed by atoms with Gasteiger partial charge in [0, 0.05) is 32.2 Å². The van der Waals surface area contributed by atoms with Crippen LogP contribution in [-0.2, 0) is 25.7 Å². The molecule has 2 aliphatic heterocycles. The van der Waals surface area contributed by atoms with E-state index in [1.165, 1.54) is 4.90 Å². The molecule has 1 atom stereocenters. The lowest BCUT2D eigenvalue weighted by molar-refractivity contribution is -0.140. The minimum Gasteiger partial charge on any atom is -0.489 e. The molecule has 0 aromatic heterocycles. The van der Waals surface area contributed by atoms with E-state index in [9.17, 15) is 19.2 Å². The van der Waals surface area contributed by atoms with E-state index in [1.54, 1.807) is 25.2 Å². The Kier molecular flexibility index (Phi) is 8.05. The molecule has 2 aliphatic rings. The second-order valence-electron chi connectivity index (χ2n) is 8.89. The number of amides is 4. The minimum atomic E-state index is -1.03. The van der Waals surface area contributed by atoms with Crippen molar-refractivity contribution in [2.75, 3.05) is 44.7 Å². The molecule has 0 unspecified atom stereocenters. The van der Waals surface area contributed by atoms with Gasteiger partial charge in [-0.1, -0.05) is 36.1 Å². The summed E-state index contributed by atoms with van der Waals surface area (Å²) >= 11 is 0. The molecular formula is C27H29N5O5.